The van der Waals surface area contributed by atoms with Gasteiger partial charge < -0.3 is 4.74 Å². The third kappa shape index (κ3) is 4.28. The summed E-state index contributed by atoms with van der Waals surface area (Å²) >= 11 is 0. The van der Waals surface area contributed by atoms with Gasteiger partial charge in [-0.15, -0.1) is 0 Å². The molecule has 1 rings (SSSR count). The Morgan fingerprint density at radius 1 is 0.781 bits per heavy atom. The number of rotatable bonds is 8. The highest BCUT2D eigenvalue weighted by atomic mass is 19.4. The van der Waals surface area contributed by atoms with Crippen molar-refractivity contribution in [1.29, 1.82) is 0 Å². The first kappa shape index (κ1) is 27.3. The van der Waals surface area contributed by atoms with Crippen LogP contribution in [0.4, 0.5) is 57.1 Å². The first-order valence-corrected chi connectivity index (χ1v) is 7.62. The van der Waals surface area contributed by atoms with Crippen molar-refractivity contribution in [2.75, 3.05) is 7.11 Å². The Hall–Kier alpha value is -2.75. The van der Waals surface area contributed by atoms with Crippen LogP contribution in [-0.4, -0.2) is 55.0 Å². The highest BCUT2D eigenvalue weighted by Gasteiger charge is 2.91. The van der Waals surface area contributed by atoms with Gasteiger partial charge in [0.1, 0.15) is 5.75 Å². The minimum atomic E-state index is -8.09. The molecule has 0 spiro atoms. The van der Waals surface area contributed by atoms with E-state index in [4.69, 9.17) is 4.74 Å². The van der Waals surface area contributed by atoms with Crippen LogP contribution in [0, 0.1) is 0 Å². The molecule has 0 radical (unpaired) electrons. The molecule has 0 saturated carbocycles. The van der Waals surface area contributed by atoms with Gasteiger partial charge in [-0.1, -0.05) is 0 Å². The number of halogens is 13. The molecule has 0 unspecified atom stereocenters. The van der Waals surface area contributed by atoms with Crippen LogP contribution in [0.15, 0.2) is 29.4 Å². The second-order valence-corrected chi connectivity index (χ2v) is 5.84. The Bertz CT molecular complexity index is 848. The topological polar surface area (TPSA) is 50.7 Å². The quantitative estimate of drug-likeness (QED) is 0.317. The van der Waals surface area contributed by atoms with Crippen molar-refractivity contribution in [3.63, 3.8) is 0 Å². The molecular formula is C15H9F13N2O2. The van der Waals surface area contributed by atoms with Gasteiger partial charge >= 0.3 is 41.7 Å². The fourth-order valence-corrected chi connectivity index (χ4v) is 1.84. The van der Waals surface area contributed by atoms with Gasteiger partial charge in [0.2, 0.25) is 0 Å². The van der Waals surface area contributed by atoms with Crippen molar-refractivity contribution in [3.05, 3.63) is 29.8 Å². The van der Waals surface area contributed by atoms with Crippen LogP contribution in [0.2, 0.25) is 0 Å². The summed E-state index contributed by atoms with van der Waals surface area (Å²) < 4.78 is 173. The average Bonchev–Trinajstić information content (AvgIpc) is 2.66. The molecule has 0 aliphatic heterocycles. The molecule has 0 atom stereocenters. The molecule has 0 fully saturated rings. The van der Waals surface area contributed by atoms with Gasteiger partial charge in [-0.05, 0) is 29.8 Å². The fraction of sp³-hybridized carbons (Fsp3) is 0.467. The van der Waals surface area contributed by atoms with E-state index in [1.807, 2.05) is 0 Å². The van der Waals surface area contributed by atoms with Crippen LogP contribution in [0.1, 0.15) is 5.56 Å². The number of amides is 1. The van der Waals surface area contributed by atoms with Crippen LogP contribution >= 0.6 is 0 Å². The summed E-state index contributed by atoms with van der Waals surface area (Å²) in [5.41, 5.74) is 0.555. The zero-order valence-corrected chi connectivity index (χ0v) is 15.1. The predicted octanol–water partition coefficient (Wildman–Crippen LogP) is 4.88. The molecule has 0 bridgehead atoms. The number of benzene rings is 1. The highest BCUT2D eigenvalue weighted by molar-refractivity contribution is 5.87. The largest absolute Gasteiger partial charge is 0.497 e. The molecule has 0 aromatic heterocycles. The van der Waals surface area contributed by atoms with Gasteiger partial charge in [0.05, 0.1) is 13.3 Å². The maximum absolute atomic E-state index is 13.5. The number of ether oxygens (including phenoxy) is 1. The minimum absolute atomic E-state index is 0.0251. The maximum atomic E-state index is 13.5. The molecule has 1 aromatic carbocycles. The summed E-state index contributed by atoms with van der Waals surface area (Å²) in [6.07, 6.45) is -7.05. The van der Waals surface area contributed by atoms with E-state index in [1.165, 1.54) is 19.2 Å². The van der Waals surface area contributed by atoms with Crippen LogP contribution in [-0.2, 0) is 4.79 Å². The zero-order chi connectivity index (χ0) is 25.4. The number of carbonyl (C=O) groups excluding carboxylic acids is 1. The van der Waals surface area contributed by atoms with Gasteiger partial charge in [-0.2, -0.15) is 62.2 Å². The van der Waals surface area contributed by atoms with E-state index in [1.54, 1.807) is 0 Å². The second kappa shape index (κ2) is 8.31. The summed E-state index contributed by atoms with van der Waals surface area (Å²) in [5, 5.41) is 2.67. The first-order chi connectivity index (χ1) is 14.2. The number of hydrazone groups is 1. The summed E-state index contributed by atoms with van der Waals surface area (Å²) in [7, 11) is 1.26. The van der Waals surface area contributed by atoms with E-state index in [-0.39, 0.29) is 11.3 Å². The van der Waals surface area contributed by atoms with Gasteiger partial charge in [0.15, 0.2) is 0 Å². The summed E-state index contributed by atoms with van der Waals surface area (Å²) in [5.74, 6) is -41.9. The number of nitrogens with zero attached hydrogens (tertiary/aromatic N) is 1. The fourth-order valence-electron chi connectivity index (χ4n) is 1.84. The van der Waals surface area contributed by atoms with Gasteiger partial charge in [0.25, 0.3) is 0 Å². The van der Waals surface area contributed by atoms with Gasteiger partial charge in [-0.25, -0.2) is 5.43 Å². The normalized spacial score (nSPS) is 14.6. The molecule has 182 valence electrons. The number of carbonyl (C=O) groups is 1. The Balaban J connectivity index is 3.20. The first-order valence-electron chi connectivity index (χ1n) is 7.62. The van der Waals surface area contributed by atoms with Crippen LogP contribution in [0.5, 0.6) is 5.75 Å². The molecule has 0 heterocycles. The number of hydrogen-bond donors (Lipinski definition) is 1. The molecule has 17 heteroatoms. The zero-order valence-electron chi connectivity index (χ0n) is 15.1. The SMILES string of the molecule is COc1ccc(C=NNC(=O)C(F)(F)C(F)(F)C(F)(F)C(F)(F)C(F)(F)C(F)(F)F)cc1. The monoisotopic (exact) mass is 496 g/mol. The number of alkyl halides is 13. The minimum Gasteiger partial charge on any atom is -0.497 e. The smallest absolute Gasteiger partial charge is 0.460 e. The van der Waals surface area contributed by atoms with E-state index in [9.17, 15) is 61.9 Å². The van der Waals surface area contributed by atoms with Crippen molar-refractivity contribution in [3.8, 4) is 5.75 Å². The highest BCUT2D eigenvalue weighted by Crippen LogP contribution is 2.60. The standard InChI is InChI=1S/C15H9F13N2O2/c1-32-8-4-2-7(3-5-8)6-29-30-9(31)10(16,17)11(18,19)12(20,21)13(22,23)14(24,25)15(26,27)28/h2-6H,1H3,(H,30,31). The molecule has 1 aromatic rings. The van der Waals surface area contributed by atoms with Crippen molar-refractivity contribution in [1.82, 2.24) is 5.43 Å². The Labute approximate surface area is 169 Å². The lowest BCUT2D eigenvalue weighted by molar-refractivity contribution is -0.436. The summed E-state index contributed by atoms with van der Waals surface area (Å²) in [4.78, 5) is 11.2. The summed E-state index contributed by atoms with van der Waals surface area (Å²) in [6, 6.07) is 4.84. The van der Waals surface area contributed by atoms with Gasteiger partial charge in [0, 0.05) is 0 Å². The van der Waals surface area contributed by atoms with E-state index < -0.39 is 41.7 Å². The van der Waals surface area contributed by atoms with Crippen molar-refractivity contribution >= 4 is 12.1 Å². The third-order valence-corrected chi connectivity index (χ3v) is 3.71. The average molecular weight is 496 g/mol. The van der Waals surface area contributed by atoms with E-state index in [2.05, 4.69) is 5.10 Å². The molecule has 1 N–H and O–H groups in total. The molecule has 0 aliphatic carbocycles. The number of hydrogen-bond acceptors (Lipinski definition) is 3. The second-order valence-electron chi connectivity index (χ2n) is 5.84. The van der Waals surface area contributed by atoms with E-state index in [0.717, 1.165) is 12.1 Å². The lowest BCUT2D eigenvalue weighted by Crippen LogP contribution is -2.71. The molecule has 4 nitrogen and oxygen atoms in total. The summed E-state index contributed by atoms with van der Waals surface area (Å²) in [6.45, 7) is 0. The van der Waals surface area contributed by atoms with Crippen molar-refractivity contribution < 1.29 is 66.6 Å². The molecule has 0 saturated heterocycles. The predicted molar refractivity (Wildman–Crippen MR) is 79.5 cm³/mol. The van der Waals surface area contributed by atoms with Crippen LogP contribution in [0.25, 0.3) is 0 Å². The lowest BCUT2D eigenvalue weighted by atomic mass is 9.93. The van der Waals surface area contributed by atoms with Gasteiger partial charge in [-0.3, -0.25) is 4.79 Å². The number of methoxy groups -OCH3 is 1. The molecular weight excluding hydrogens is 487 g/mol. The molecule has 0 aliphatic rings. The molecule has 32 heavy (non-hydrogen) atoms. The van der Waals surface area contributed by atoms with E-state index >= 15 is 0 Å². The van der Waals surface area contributed by atoms with Crippen molar-refractivity contribution in [2.45, 2.75) is 35.8 Å². The lowest BCUT2D eigenvalue weighted by Gasteiger charge is -2.38. The van der Waals surface area contributed by atoms with Crippen LogP contribution < -0.4 is 10.2 Å². The maximum Gasteiger partial charge on any atom is 0.460 e. The third-order valence-electron chi connectivity index (χ3n) is 3.71. The molecule has 1 amide bonds. The Morgan fingerprint density at radius 2 is 1.22 bits per heavy atom. The Kier molecular flexibility index (Phi) is 7.08. The van der Waals surface area contributed by atoms with E-state index in [0.29, 0.717) is 11.6 Å². The van der Waals surface area contributed by atoms with Crippen LogP contribution in [0.3, 0.4) is 0 Å². The van der Waals surface area contributed by atoms with Crippen molar-refractivity contribution in [2.24, 2.45) is 5.10 Å². The Morgan fingerprint density at radius 3 is 1.62 bits per heavy atom. The number of nitrogens with one attached hydrogen (secondary N) is 1.